The molecule has 1 unspecified atom stereocenters. The molecule has 3 aromatic carbocycles. The number of aromatic nitrogens is 4. The average Bonchev–Trinajstić information content (AvgIpc) is 1.07. The molecule has 0 fully saturated rings. The third-order valence-corrected chi connectivity index (χ3v) is 20.4. The van der Waals surface area contributed by atoms with Gasteiger partial charge in [0.1, 0.15) is 64.8 Å². The maximum atomic E-state index is 10.9. The molecule has 610 valence electrons. The number of benzene rings is 3. The van der Waals surface area contributed by atoms with E-state index in [1.807, 2.05) is 74.2 Å². The molecule has 0 bridgehead atoms. The Morgan fingerprint density at radius 3 is 1.16 bits per heavy atom. The number of ether oxygens (including phenoxy) is 1. The van der Waals surface area contributed by atoms with E-state index in [2.05, 4.69) is 326 Å². The summed E-state index contributed by atoms with van der Waals surface area (Å²) in [6.45, 7) is 67.9. The van der Waals surface area contributed by atoms with Crippen molar-refractivity contribution in [3.63, 3.8) is 0 Å². The molecule has 16 heteroatoms. The van der Waals surface area contributed by atoms with E-state index in [-0.39, 0.29) is 116 Å². The summed E-state index contributed by atoms with van der Waals surface area (Å²) >= 11 is 0. The van der Waals surface area contributed by atoms with E-state index in [4.69, 9.17) is 27.3 Å². The molecule has 0 radical (unpaired) electrons. The van der Waals surface area contributed by atoms with Crippen LogP contribution < -0.4 is 67.9 Å². The Hall–Kier alpha value is -6.19. The number of hydrogen-bond donors (Lipinski definition) is 7. The van der Waals surface area contributed by atoms with E-state index >= 15 is 0 Å². The van der Waals surface area contributed by atoms with Gasteiger partial charge in [-0.15, -0.1) is 0 Å². The number of quaternary nitrogens is 4. The van der Waals surface area contributed by atoms with Crippen molar-refractivity contribution >= 4 is 40.9 Å². The maximum absolute atomic E-state index is 10.9. The van der Waals surface area contributed by atoms with Gasteiger partial charge in [-0.1, -0.05) is 67.6 Å². The fraction of sp³-hybridized carbons (Fsp3) is 0.528. The summed E-state index contributed by atoms with van der Waals surface area (Å²) in [6, 6.07) is 43.0. The molecule has 0 saturated heterocycles. The van der Waals surface area contributed by atoms with Crippen molar-refractivity contribution in [3.05, 3.63) is 224 Å². The standard InChI is InChI=1S/C22H24P.C12H20NO.C11H24N4O.C10H24N.C9H14N.C8H15N2.C5H13N3.C4H11N.8CH3/c1-22(2,3)23(19-13-7-4-8-14-19,20-15-9-5-10-16-20)21-17-11-6-12-18-21;1-5-8-13-9-6-11(7-10-13)14-12(2,3)4;1-8(16)9(12)6-5-7-14-10(13)15-11(2,3)4;1-7-11(8-2,9-3)10(4,5)6;1-9(2,3)10-7-5-4-6-8-10;1-8(2,3)10-6-5-9(4)7-10;1-5(2,3)8-4(6)7;1-4(2,3)5;;;;;;;;/h4-18H,1-3H3;6-7,9-10H,5,8H2,1-4H3;9H,5-7,12H2,1-4H3,(H3,13,14,15);7-9H2,1-6H3;4-8H,1-3H3;5-7H,1-4H3;1-3H3,(H4,6,7,8);5H2,1-3H3;8*1H3/q2*+1;;3*+1;;;8*-1/p+3. The van der Waals surface area contributed by atoms with E-state index in [1.54, 1.807) is 5.32 Å². The fourth-order valence-corrected chi connectivity index (χ4v) is 15.4. The summed E-state index contributed by atoms with van der Waals surface area (Å²) < 4.78 is 15.5. The molecule has 3 aromatic heterocycles. The zero-order chi connectivity index (χ0) is 75.5. The number of aliphatic imine (C=N–C) groups is 1. The number of guanidine groups is 2. The number of Topliss-reactive ketones (excluding diaryl/α,β-unsaturated/α-hetero) is 1. The zero-order valence-corrected chi connectivity index (χ0v) is 76.3. The number of carbonyl (C=O) groups excluding carboxylic acids is 1. The minimum absolute atomic E-state index is 0. The Kier molecular flexibility index (Phi) is 63.1. The van der Waals surface area contributed by atoms with Gasteiger partial charge in [0.25, 0.3) is 11.9 Å². The van der Waals surface area contributed by atoms with Crippen molar-refractivity contribution in [3.8, 4) is 5.75 Å². The molecule has 6 aromatic rings. The minimum Gasteiger partial charge on any atom is -0.488 e. The van der Waals surface area contributed by atoms with Crippen molar-refractivity contribution in [1.29, 1.82) is 5.41 Å². The quantitative estimate of drug-likeness (QED) is 0.0107. The van der Waals surface area contributed by atoms with Crippen molar-refractivity contribution in [2.24, 2.45) is 29.2 Å². The number of nitrogens with zero attached hydrogens (tertiary/aromatic N) is 6. The highest BCUT2D eigenvalue weighted by Gasteiger charge is 2.55. The van der Waals surface area contributed by atoms with Gasteiger partial charge in [-0.05, 0) is 222 Å². The number of hydrogen-bond acceptors (Lipinski definition) is 5. The minimum atomic E-state index is -1.74. The topological polar surface area (TPSA) is 218 Å². The summed E-state index contributed by atoms with van der Waals surface area (Å²) in [5, 5.41) is 15.0. The molecule has 0 spiro atoms. The molecule has 15 nitrogen and oxygen atoms in total. The molecule has 105 heavy (non-hydrogen) atoms. The number of rotatable bonds is 14. The van der Waals surface area contributed by atoms with Crippen LogP contribution in [-0.4, -0.2) is 91.9 Å². The van der Waals surface area contributed by atoms with E-state index in [1.165, 1.54) is 47.0 Å². The second kappa shape index (κ2) is 55.2. The lowest BCUT2D eigenvalue weighted by Gasteiger charge is -2.47. The molecular formula is C89H172N13O2P. The Morgan fingerprint density at radius 1 is 0.581 bits per heavy atom. The van der Waals surface area contributed by atoms with Crippen LogP contribution in [0.15, 0.2) is 170 Å². The van der Waals surface area contributed by atoms with Crippen LogP contribution in [0.1, 0.15) is 220 Å². The molecule has 6 rings (SSSR count). The SMILES string of the molecule is CC(=O)C(N)CCCN=C(N)[NH2+]C(C)(C)C.CC(C)(C)[NH2+]C(=N)N.CC(C)(C)[NH3+].CC(C)(C)[P+](c1ccccc1)(c1ccccc1)c1ccccc1.CC(C)(C)[n+]1ccccc1.CCC[n+]1ccc(OC(C)(C)C)cc1.CC[N+](CC)(CC)C(C)(C)C.C[n+]1ccn(C(C)(C)C)c1.[CH3-].[CH3-].[CH3-].[CH3-].[CH3-].[CH3-].[CH3-].[CH3-]. The second-order valence-electron chi connectivity index (χ2n) is 33.4. The van der Waals surface area contributed by atoms with Crippen molar-refractivity contribution in [1.82, 2.24) is 4.57 Å². The van der Waals surface area contributed by atoms with Crippen molar-refractivity contribution < 1.29 is 44.1 Å². The zero-order valence-electron chi connectivity index (χ0n) is 75.4. The highest BCUT2D eigenvalue weighted by molar-refractivity contribution is 7.96. The lowest BCUT2D eigenvalue weighted by atomic mass is 10.0. The third-order valence-electron chi connectivity index (χ3n) is 15.1. The summed E-state index contributed by atoms with van der Waals surface area (Å²) in [5.41, 5.74) is 21.3. The number of nitrogens with one attached hydrogen (secondary N) is 1. The molecule has 14 N–H and O–H groups in total. The van der Waals surface area contributed by atoms with E-state index < -0.39 is 7.26 Å². The van der Waals surface area contributed by atoms with Crippen LogP contribution in [0.5, 0.6) is 5.75 Å². The van der Waals surface area contributed by atoms with Crippen LogP contribution in [0.25, 0.3) is 0 Å². The lowest BCUT2D eigenvalue weighted by Crippen LogP contribution is -2.99. The van der Waals surface area contributed by atoms with Crippen LogP contribution in [0.2, 0.25) is 0 Å². The fourth-order valence-electron chi connectivity index (χ4n) is 10.3. The van der Waals surface area contributed by atoms with Crippen LogP contribution in [0.3, 0.4) is 0 Å². The van der Waals surface area contributed by atoms with Crippen LogP contribution >= 0.6 is 7.26 Å². The van der Waals surface area contributed by atoms with Crippen LogP contribution in [0, 0.1) is 64.8 Å². The van der Waals surface area contributed by atoms with Gasteiger partial charge in [0, 0.05) is 58.0 Å². The Balaban J connectivity index is -0.000000125. The molecule has 0 amide bonds. The summed E-state index contributed by atoms with van der Waals surface area (Å²) in [5.74, 6) is 1.67. The van der Waals surface area contributed by atoms with Crippen molar-refractivity contribution in [2.75, 3.05) is 26.2 Å². The van der Waals surface area contributed by atoms with Gasteiger partial charge < -0.3 is 91.6 Å². The van der Waals surface area contributed by atoms with E-state index in [9.17, 15) is 4.79 Å². The number of pyridine rings is 2. The number of imidazole rings is 1. The first-order chi connectivity index (χ1) is 44.2. The molecule has 0 saturated carbocycles. The number of ketones is 1. The number of nitrogens with two attached hydrogens (primary N) is 5. The van der Waals surface area contributed by atoms with Gasteiger partial charge in [0.2, 0.25) is 6.33 Å². The number of aryl methyl sites for hydroxylation is 2. The first-order valence-electron chi connectivity index (χ1n) is 35.3. The Labute approximate surface area is 653 Å². The predicted octanol–water partition coefficient (Wildman–Crippen LogP) is 15.0. The van der Waals surface area contributed by atoms with Gasteiger partial charge in [0.15, 0.2) is 30.3 Å². The Morgan fingerprint density at radius 2 is 0.943 bits per heavy atom. The van der Waals surface area contributed by atoms with Crippen molar-refractivity contribution in [2.45, 2.75) is 277 Å². The largest absolute Gasteiger partial charge is 0.488 e. The number of carbonyl (C=O) groups is 1. The Bertz CT molecular complexity index is 2950. The average molecular weight is 1490 g/mol. The first-order valence-corrected chi connectivity index (χ1v) is 37.1. The van der Waals surface area contributed by atoms with E-state index in [0.29, 0.717) is 24.5 Å². The monoisotopic (exact) mass is 1490 g/mol. The molecular weight excluding hydrogens is 1310 g/mol. The van der Waals surface area contributed by atoms with E-state index in [0.717, 1.165) is 25.1 Å². The van der Waals surface area contributed by atoms with Gasteiger partial charge in [0.05, 0.1) is 60.0 Å². The molecule has 3 heterocycles. The van der Waals surface area contributed by atoms with Gasteiger partial charge in [-0.3, -0.25) is 15.4 Å². The van der Waals surface area contributed by atoms with Gasteiger partial charge in [-0.2, -0.15) is 0 Å². The normalized spacial score (nSPS) is 11.6. The summed E-state index contributed by atoms with van der Waals surface area (Å²) in [4.78, 5) is 15.1. The highest BCUT2D eigenvalue weighted by atomic mass is 31.2. The van der Waals surface area contributed by atoms with Crippen LogP contribution in [0.4, 0.5) is 0 Å². The first kappa shape index (κ1) is 120. The smallest absolute Gasteiger partial charge is 0.292 e. The molecule has 0 aliphatic rings. The molecule has 0 aliphatic heterocycles. The van der Waals surface area contributed by atoms with Crippen LogP contribution in [-0.2, 0) is 29.5 Å². The van der Waals surface area contributed by atoms with Gasteiger partial charge >= 0.3 is 0 Å². The molecule has 1 atom stereocenters. The third kappa shape index (κ3) is 52.5. The highest BCUT2D eigenvalue weighted by Crippen LogP contribution is 2.65. The second-order valence-corrected chi connectivity index (χ2v) is 37.6. The summed E-state index contributed by atoms with van der Waals surface area (Å²) in [7, 11) is 0.293. The van der Waals surface area contributed by atoms with Gasteiger partial charge in [-0.25, -0.2) is 28.7 Å². The molecule has 0 aliphatic carbocycles. The summed E-state index contributed by atoms with van der Waals surface area (Å²) in [6.07, 6.45) is 17.1. The predicted molar refractivity (Wildman–Crippen MR) is 470 cm³/mol. The lowest BCUT2D eigenvalue weighted by molar-refractivity contribution is -0.966. The maximum Gasteiger partial charge on any atom is 0.292 e.